The molecule has 2 rings (SSSR count). The first kappa shape index (κ1) is 39.9. The maximum absolute atomic E-state index is 5.67. The summed E-state index contributed by atoms with van der Waals surface area (Å²) in [6.07, 6.45) is 33.7. The first-order chi connectivity index (χ1) is 21.8. The van der Waals surface area contributed by atoms with Gasteiger partial charge in [0.05, 0.1) is 26.4 Å². The van der Waals surface area contributed by atoms with Gasteiger partial charge in [-0.1, -0.05) is 142 Å². The molecule has 0 aromatic heterocycles. The molecule has 2 heterocycles. The summed E-state index contributed by atoms with van der Waals surface area (Å²) >= 11 is 0. The van der Waals surface area contributed by atoms with Gasteiger partial charge >= 0.3 is 0 Å². The molecule has 2 aliphatic heterocycles. The van der Waals surface area contributed by atoms with Crippen molar-refractivity contribution >= 4 is 0 Å². The highest BCUT2D eigenvalue weighted by Crippen LogP contribution is 2.15. The number of hydrazine groups is 2. The Balaban J connectivity index is 1.57. The fraction of sp³-hybridized carbons (Fsp3) is 1.00. The minimum atomic E-state index is 0.894. The third-order valence-corrected chi connectivity index (χ3v) is 9.90. The molecule has 6 heteroatoms. The molecule has 44 heavy (non-hydrogen) atoms. The average Bonchev–Trinajstić information content (AvgIpc) is 3.06. The molecule has 2 aliphatic rings. The third-order valence-electron chi connectivity index (χ3n) is 9.90. The van der Waals surface area contributed by atoms with Gasteiger partial charge in [-0.05, 0) is 25.7 Å². The van der Waals surface area contributed by atoms with E-state index in [1.807, 2.05) is 0 Å². The first-order valence-corrected chi connectivity index (χ1v) is 20.0. The van der Waals surface area contributed by atoms with Gasteiger partial charge in [0, 0.05) is 52.4 Å². The molecule has 6 nitrogen and oxygen atoms in total. The monoisotopic (exact) mass is 623 g/mol. The fourth-order valence-corrected chi connectivity index (χ4v) is 6.97. The molecule has 0 aliphatic carbocycles. The van der Waals surface area contributed by atoms with Crippen LogP contribution in [-0.2, 0) is 9.47 Å². The Hall–Kier alpha value is -0.240. The zero-order valence-corrected chi connectivity index (χ0v) is 30.1. The molecule has 0 amide bonds. The molecule has 0 N–H and O–H groups in total. The summed E-state index contributed by atoms with van der Waals surface area (Å²) in [7, 11) is 0. The van der Waals surface area contributed by atoms with Crippen LogP contribution in [0.2, 0.25) is 0 Å². The highest BCUT2D eigenvalue weighted by Gasteiger charge is 2.19. The van der Waals surface area contributed by atoms with E-state index in [0.29, 0.717) is 0 Å². The standard InChI is InChI=1S/C38H78N4O2/c1-3-5-7-9-11-13-15-17-19-23-27-39(41-31-35-43-36-32-41)29-25-21-22-26-30-40(42-33-37-44-38-34-42)28-24-20-18-16-14-12-10-8-6-4-2/h3-38H2,1-2H3. The summed E-state index contributed by atoms with van der Waals surface area (Å²) in [6.45, 7) is 17.4. The summed E-state index contributed by atoms with van der Waals surface area (Å²) in [5.74, 6) is 0. The molecule has 0 atom stereocenters. The van der Waals surface area contributed by atoms with Crippen LogP contribution in [0.3, 0.4) is 0 Å². The quantitative estimate of drug-likeness (QED) is 0.0716. The topological polar surface area (TPSA) is 31.4 Å². The molecule has 0 aromatic rings. The lowest BCUT2D eigenvalue weighted by atomic mass is 10.1. The SMILES string of the molecule is CCCCCCCCCCCCN(CCCCCCN(CCCCCCCCCCCC)N1CCOCC1)N1CCOCC1. The lowest BCUT2D eigenvalue weighted by Crippen LogP contribution is -2.49. The van der Waals surface area contributed by atoms with Crippen LogP contribution in [0.15, 0.2) is 0 Å². The second-order valence-electron chi connectivity index (χ2n) is 13.8. The van der Waals surface area contributed by atoms with Crippen LogP contribution >= 0.6 is 0 Å². The van der Waals surface area contributed by atoms with Crippen LogP contribution in [0.25, 0.3) is 0 Å². The van der Waals surface area contributed by atoms with Crippen molar-refractivity contribution in [3.63, 3.8) is 0 Å². The molecule has 0 bridgehead atoms. The van der Waals surface area contributed by atoms with E-state index in [2.05, 4.69) is 33.9 Å². The zero-order valence-electron chi connectivity index (χ0n) is 30.1. The minimum absolute atomic E-state index is 0.894. The van der Waals surface area contributed by atoms with Crippen molar-refractivity contribution in [3.8, 4) is 0 Å². The van der Waals surface area contributed by atoms with Crippen molar-refractivity contribution in [3.05, 3.63) is 0 Å². The minimum Gasteiger partial charge on any atom is -0.379 e. The summed E-state index contributed by atoms with van der Waals surface area (Å²) in [5.41, 5.74) is 0. The molecule has 0 unspecified atom stereocenters. The number of ether oxygens (including phenoxy) is 2. The Kier molecular flexibility index (Phi) is 27.3. The Morgan fingerprint density at radius 3 is 0.818 bits per heavy atom. The van der Waals surface area contributed by atoms with Gasteiger partial charge in [-0.2, -0.15) is 0 Å². The highest BCUT2D eigenvalue weighted by molar-refractivity contribution is 4.66. The zero-order chi connectivity index (χ0) is 31.2. The Morgan fingerprint density at radius 1 is 0.341 bits per heavy atom. The van der Waals surface area contributed by atoms with Crippen LogP contribution in [0.5, 0.6) is 0 Å². The number of nitrogens with zero attached hydrogens (tertiary/aromatic N) is 4. The number of unbranched alkanes of at least 4 members (excludes halogenated alkanes) is 21. The predicted molar refractivity (Wildman–Crippen MR) is 190 cm³/mol. The smallest absolute Gasteiger partial charge is 0.0608 e. The Bertz CT molecular complexity index is 533. The van der Waals surface area contributed by atoms with Crippen LogP contribution in [-0.4, -0.2) is 98.8 Å². The molecule has 0 aromatic carbocycles. The summed E-state index contributed by atoms with van der Waals surface area (Å²) in [4.78, 5) is 0. The maximum Gasteiger partial charge on any atom is 0.0608 e. The van der Waals surface area contributed by atoms with Crippen molar-refractivity contribution in [2.24, 2.45) is 0 Å². The van der Waals surface area contributed by atoms with Gasteiger partial charge in [-0.25, -0.2) is 20.0 Å². The summed E-state index contributed by atoms with van der Waals surface area (Å²) in [5, 5.41) is 10.6. The van der Waals surface area contributed by atoms with Crippen molar-refractivity contribution < 1.29 is 9.47 Å². The average molecular weight is 623 g/mol. The van der Waals surface area contributed by atoms with Gasteiger partial charge in [0.15, 0.2) is 0 Å². The maximum atomic E-state index is 5.67. The molecule has 2 saturated heterocycles. The van der Waals surface area contributed by atoms with E-state index in [0.717, 1.165) is 52.6 Å². The van der Waals surface area contributed by atoms with E-state index in [-0.39, 0.29) is 0 Å². The fourth-order valence-electron chi connectivity index (χ4n) is 6.97. The third kappa shape index (κ3) is 21.5. The van der Waals surface area contributed by atoms with Crippen LogP contribution in [0, 0.1) is 0 Å². The van der Waals surface area contributed by atoms with Crippen LogP contribution < -0.4 is 0 Å². The second-order valence-corrected chi connectivity index (χ2v) is 13.8. The Labute approximate surface area is 275 Å². The van der Waals surface area contributed by atoms with E-state index >= 15 is 0 Å². The number of morpholine rings is 2. The number of rotatable bonds is 31. The lowest BCUT2D eigenvalue weighted by Gasteiger charge is -2.38. The van der Waals surface area contributed by atoms with E-state index in [1.54, 1.807) is 0 Å². The summed E-state index contributed by atoms with van der Waals surface area (Å²) < 4.78 is 11.3. The largest absolute Gasteiger partial charge is 0.379 e. The van der Waals surface area contributed by atoms with Crippen molar-refractivity contribution in [1.82, 2.24) is 20.0 Å². The van der Waals surface area contributed by atoms with Crippen molar-refractivity contribution in [2.75, 3.05) is 78.8 Å². The van der Waals surface area contributed by atoms with Gasteiger partial charge < -0.3 is 9.47 Å². The molecule has 2 fully saturated rings. The molecule has 0 saturated carbocycles. The van der Waals surface area contributed by atoms with Crippen molar-refractivity contribution in [1.29, 1.82) is 0 Å². The molecule has 0 spiro atoms. The van der Waals surface area contributed by atoms with Gasteiger partial charge in [-0.3, -0.25) is 0 Å². The van der Waals surface area contributed by atoms with E-state index in [1.165, 1.54) is 180 Å². The van der Waals surface area contributed by atoms with Gasteiger partial charge in [0.2, 0.25) is 0 Å². The van der Waals surface area contributed by atoms with Crippen LogP contribution in [0.4, 0.5) is 0 Å². The van der Waals surface area contributed by atoms with Gasteiger partial charge in [0.1, 0.15) is 0 Å². The predicted octanol–water partition coefficient (Wildman–Crippen LogP) is 9.49. The van der Waals surface area contributed by atoms with E-state index in [4.69, 9.17) is 9.47 Å². The van der Waals surface area contributed by atoms with Crippen LogP contribution in [0.1, 0.15) is 168 Å². The number of hydrogen-bond acceptors (Lipinski definition) is 6. The second kappa shape index (κ2) is 30.1. The molecule has 262 valence electrons. The van der Waals surface area contributed by atoms with Crippen molar-refractivity contribution in [2.45, 2.75) is 168 Å². The molecule has 0 radical (unpaired) electrons. The van der Waals surface area contributed by atoms with Gasteiger partial charge in [-0.15, -0.1) is 0 Å². The highest BCUT2D eigenvalue weighted by atomic mass is 16.5. The first-order valence-electron chi connectivity index (χ1n) is 20.0. The summed E-state index contributed by atoms with van der Waals surface area (Å²) in [6, 6.07) is 0. The lowest BCUT2D eigenvalue weighted by molar-refractivity contribution is -0.0929. The molecular formula is C38H78N4O2. The molecular weight excluding hydrogens is 544 g/mol. The van der Waals surface area contributed by atoms with E-state index < -0.39 is 0 Å². The number of hydrogen-bond donors (Lipinski definition) is 0. The van der Waals surface area contributed by atoms with E-state index in [9.17, 15) is 0 Å². The Morgan fingerprint density at radius 2 is 0.568 bits per heavy atom. The van der Waals surface area contributed by atoms with Gasteiger partial charge in [0.25, 0.3) is 0 Å². The normalized spacial score (nSPS) is 16.9.